The Hall–Kier alpha value is -2.66. The van der Waals surface area contributed by atoms with Crippen LogP contribution in [0, 0.1) is 0 Å². The first-order valence-corrected chi connectivity index (χ1v) is 6.43. The van der Waals surface area contributed by atoms with Crippen molar-refractivity contribution in [3.63, 3.8) is 0 Å². The molecule has 0 atom stereocenters. The summed E-state index contributed by atoms with van der Waals surface area (Å²) in [5, 5.41) is 29.2. The summed E-state index contributed by atoms with van der Waals surface area (Å²) in [5.41, 5.74) is 0.264. The lowest BCUT2D eigenvalue weighted by molar-refractivity contribution is 0.0974. The molecule has 0 unspecified atom stereocenters. The predicted molar refractivity (Wildman–Crippen MR) is 73.9 cm³/mol. The van der Waals surface area contributed by atoms with Crippen molar-refractivity contribution < 1.29 is 24.9 Å². The standard InChI is InChI=1S/C16H12O5/c17-6-5-8-7-11(18)12-13(14(8)19)16(21)10-4-2-1-3-9(10)15(12)20/h1-4,7,17-19H,5-6H2. The van der Waals surface area contributed by atoms with Gasteiger partial charge in [-0.05, 0) is 12.5 Å². The van der Waals surface area contributed by atoms with E-state index in [0.29, 0.717) is 0 Å². The minimum Gasteiger partial charge on any atom is -0.507 e. The zero-order valence-corrected chi connectivity index (χ0v) is 11.0. The van der Waals surface area contributed by atoms with Gasteiger partial charge in [0.2, 0.25) is 0 Å². The van der Waals surface area contributed by atoms with E-state index in [2.05, 4.69) is 0 Å². The zero-order chi connectivity index (χ0) is 15.1. The highest BCUT2D eigenvalue weighted by Crippen LogP contribution is 2.39. The highest BCUT2D eigenvalue weighted by Gasteiger charge is 2.35. The zero-order valence-electron chi connectivity index (χ0n) is 11.0. The van der Waals surface area contributed by atoms with E-state index in [1.165, 1.54) is 18.2 Å². The maximum absolute atomic E-state index is 12.5. The second-order valence-electron chi connectivity index (χ2n) is 4.83. The molecule has 1 aliphatic rings. The first kappa shape index (κ1) is 13.3. The lowest BCUT2D eigenvalue weighted by Gasteiger charge is -2.20. The molecule has 2 aromatic carbocycles. The van der Waals surface area contributed by atoms with Crippen LogP contribution >= 0.6 is 0 Å². The number of fused-ring (bicyclic) bond motifs is 2. The van der Waals surface area contributed by atoms with Crippen molar-refractivity contribution in [1.29, 1.82) is 0 Å². The third-order valence-electron chi connectivity index (χ3n) is 3.61. The van der Waals surface area contributed by atoms with Crippen molar-refractivity contribution in [2.45, 2.75) is 6.42 Å². The van der Waals surface area contributed by atoms with Crippen molar-refractivity contribution in [2.24, 2.45) is 0 Å². The Bertz CT molecular complexity index is 776. The van der Waals surface area contributed by atoms with Crippen LogP contribution in [0.5, 0.6) is 11.5 Å². The van der Waals surface area contributed by atoms with Crippen molar-refractivity contribution in [3.8, 4) is 11.5 Å². The molecule has 0 aromatic heterocycles. The monoisotopic (exact) mass is 284 g/mol. The third kappa shape index (κ3) is 1.82. The normalized spacial score (nSPS) is 13.0. The van der Waals surface area contributed by atoms with E-state index in [1.54, 1.807) is 12.1 Å². The average Bonchev–Trinajstić information content (AvgIpc) is 2.48. The predicted octanol–water partition coefficient (Wildman–Crippen LogP) is 1.41. The molecule has 1 aliphatic carbocycles. The topological polar surface area (TPSA) is 94.8 Å². The lowest BCUT2D eigenvalue weighted by atomic mass is 9.82. The average molecular weight is 284 g/mol. The highest BCUT2D eigenvalue weighted by atomic mass is 16.3. The van der Waals surface area contributed by atoms with Crippen LogP contribution in [0.15, 0.2) is 30.3 Å². The molecule has 21 heavy (non-hydrogen) atoms. The summed E-state index contributed by atoms with van der Waals surface area (Å²) in [6.07, 6.45) is 0.0792. The number of hydrogen-bond acceptors (Lipinski definition) is 5. The molecule has 3 N–H and O–H groups in total. The first-order valence-electron chi connectivity index (χ1n) is 6.43. The van der Waals surface area contributed by atoms with Gasteiger partial charge in [0.05, 0.1) is 11.1 Å². The number of phenolic OH excluding ortho intramolecular Hbond substituents is 2. The molecule has 106 valence electrons. The van der Waals surface area contributed by atoms with Crippen molar-refractivity contribution in [1.82, 2.24) is 0 Å². The fraction of sp³-hybridized carbons (Fsp3) is 0.125. The minimum atomic E-state index is -0.507. The van der Waals surface area contributed by atoms with Gasteiger partial charge < -0.3 is 15.3 Å². The first-order chi connectivity index (χ1) is 10.1. The Morgan fingerprint density at radius 2 is 1.48 bits per heavy atom. The smallest absolute Gasteiger partial charge is 0.198 e. The van der Waals surface area contributed by atoms with Crippen LogP contribution in [-0.4, -0.2) is 33.5 Å². The maximum atomic E-state index is 12.5. The Kier molecular flexibility index (Phi) is 2.99. The van der Waals surface area contributed by atoms with Crippen molar-refractivity contribution in [2.75, 3.05) is 6.61 Å². The molecule has 0 saturated heterocycles. The fourth-order valence-corrected chi connectivity index (χ4v) is 2.62. The number of aliphatic hydroxyl groups is 1. The van der Waals surface area contributed by atoms with E-state index in [1.807, 2.05) is 0 Å². The van der Waals surface area contributed by atoms with Gasteiger partial charge in [0, 0.05) is 23.3 Å². The number of benzene rings is 2. The Labute approximate surface area is 120 Å². The van der Waals surface area contributed by atoms with Crippen LogP contribution in [0.25, 0.3) is 0 Å². The molecule has 0 bridgehead atoms. The number of ketones is 2. The molecule has 5 nitrogen and oxygen atoms in total. The molecule has 0 heterocycles. The summed E-state index contributed by atoms with van der Waals surface area (Å²) in [4.78, 5) is 24.9. The van der Waals surface area contributed by atoms with Crippen LogP contribution in [0.2, 0.25) is 0 Å². The van der Waals surface area contributed by atoms with Crippen LogP contribution in [0.4, 0.5) is 0 Å². The number of aromatic hydroxyl groups is 2. The highest BCUT2D eigenvalue weighted by molar-refractivity contribution is 6.30. The third-order valence-corrected chi connectivity index (χ3v) is 3.61. The van der Waals surface area contributed by atoms with Crippen molar-refractivity contribution in [3.05, 3.63) is 58.1 Å². The molecular weight excluding hydrogens is 272 g/mol. The summed E-state index contributed by atoms with van der Waals surface area (Å²) in [7, 11) is 0. The number of phenols is 2. The molecule has 5 heteroatoms. The van der Waals surface area contributed by atoms with Gasteiger partial charge in [0.1, 0.15) is 11.5 Å². The Balaban J connectivity index is 2.32. The minimum absolute atomic E-state index is 0.0792. The SMILES string of the molecule is O=C1c2ccccc2C(=O)c2c(O)c(CCO)cc(O)c21. The molecule has 0 spiro atoms. The summed E-state index contributed by atoms with van der Waals surface area (Å²) in [5.74, 6) is -1.72. The summed E-state index contributed by atoms with van der Waals surface area (Å²) < 4.78 is 0. The van der Waals surface area contributed by atoms with Crippen LogP contribution in [0.1, 0.15) is 37.4 Å². The van der Waals surface area contributed by atoms with Gasteiger partial charge in [-0.15, -0.1) is 0 Å². The molecule has 0 fully saturated rings. The number of aliphatic hydroxyl groups excluding tert-OH is 1. The van der Waals surface area contributed by atoms with Crippen molar-refractivity contribution >= 4 is 11.6 Å². The van der Waals surface area contributed by atoms with Crippen LogP contribution in [-0.2, 0) is 6.42 Å². The Morgan fingerprint density at radius 3 is 2.05 bits per heavy atom. The van der Waals surface area contributed by atoms with E-state index in [0.717, 1.165) is 0 Å². The van der Waals surface area contributed by atoms with Gasteiger partial charge in [-0.2, -0.15) is 0 Å². The fourth-order valence-electron chi connectivity index (χ4n) is 2.62. The number of carbonyl (C=O) groups excluding carboxylic acids is 2. The van der Waals surface area contributed by atoms with E-state index < -0.39 is 11.6 Å². The molecule has 0 aliphatic heterocycles. The summed E-state index contributed by atoms with van der Waals surface area (Å²) >= 11 is 0. The van der Waals surface area contributed by atoms with E-state index in [-0.39, 0.29) is 52.3 Å². The molecule has 2 aromatic rings. The summed E-state index contributed by atoms with van der Waals surface area (Å²) in [6.45, 7) is -0.246. The largest absolute Gasteiger partial charge is 0.507 e. The quantitative estimate of drug-likeness (QED) is 0.618. The number of carbonyl (C=O) groups is 2. The molecular formula is C16H12O5. The van der Waals surface area contributed by atoms with Crippen LogP contribution < -0.4 is 0 Å². The molecule has 3 rings (SSSR count). The van der Waals surface area contributed by atoms with Crippen LogP contribution in [0.3, 0.4) is 0 Å². The number of hydrogen-bond donors (Lipinski definition) is 3. The molecule has 0 radical (unpaired) electrons. The maximum Gasteiger partial charge on any atom is 0.198 e. The van der Waals surface area contributed by atoms with E-state index >= 15 is 0 Å². The van der Waals surface area contributed by atoms with Gasteiger partial charge in [-0.1, -0.05) is 24.3 Å². The van der Waals surface area contributed by atoms with E-state index in [9.17, 15) is 19.8 Å². The van der Waals surface area contributed by atoms with E-state index in [4.69, 9.17) is 5.11 Å². The second-order valence-corrected chi connectivity index (χ2v) is 4.83. The van der Waals surface area contributed by atoms with Gasteiger partial charge in [0.25, 0.3) is 0 Å². The second kappa shape index (κ2) is 4.71. The van der Waals surface area contributed by atoms with Gasteiger partial charge in [-0.3, -0.25) is 9.59 Å². The molecule has 0 amide bonds. The molecule has 0 saturated carbocycles. The van der Waals surface area contributed by atoms with Gasteiger partial charge >= 0.3 is 0 Å². The number of rotatable bonds is 2. The van der Waals surface area contributed by atoms with Gasteiger partial charge in [-0.25, -0.2) is 0 Å². The van der Waals surface area contributed by atoms with Gasteiger partial charge in [0.15, 0.2) is 11.6 Å². The Morgan fingerprint density at radius 1 is 0.905 bits per heavy atom. The summed E-state index contributed by atoms with van der Waals surface area (Å²) in [6, 6.07) is 7.49. The lowest BCUT2D eigenvalue weighted by Crippen LogP contribution is -2.21.